The van der Waals surface area contributed by atoms with E-state index < -0.39 is 0 Å². The lowest BCUT2D eigenvalue weighted by atomic mass is 9.83. The van der Waals surface area contributed by atoms with Crippen molar-refractivity contribution < 1.29 is 4.74 Å². The van der Waals surface area contributed by atoms with E-state index in [1.807, 2.05) is 0 Å². The second kappa shape index (κ2) is 8.13. The first-order chi connectivity index (χ1) is 8.90. The highest BCUT2D eigenvalue weighted by atomic mass is 16.5. The molecule has 0 aromatic rings. The molecule has 1 N–H and O–H groups in total. The van der Waals surface area contributed by atoms with Crippen LogP contribution < -0.4 is 5.32 Å². The van der Waals surface area contributed by atoms with Crippen molar-refractivity contribution in [3.8, 4) is 0 Å². The van der Waals surface area contributed by atoms with E-state index in [0.29, 0.717) is 6.04 Å². The van der Waals surface area contributed by atoms with E-state index in [-0.39, 0.29) is 0 Å². The second-order valence-electron chi connectivity index (χ2n) is 5.87. The summed E-state index contributed by atoms with van der Waals surface area (Å²) in [5.74, 6) is 0.910. The topological polar surface area (TPSA) is 24.5 Å². The summed E-state index contributed by atoms with van der Waals surface area (Å²) in [6, 6.07) is 0.711. The van der Waals surface area contributed by atoms with Gasteiger partial charge in [-0.15, -0.1) is 0 Å². The van der Waals surface area contributed by atoms with E-state index in [4.69, 9.17) is 4.74 Å². The lowest BCUT2D eigenvalue weighted by molar-refractivity contribution is 0.0285. The van der Waals surface area contributed by atoms with Gasteiger partial charge in [0.2, 0.25) is 0 Å². The van der Waals surface area contributed by atoms with Gasteiger partial charge >= 0.3 is 0 Å². The summed E-state index contributed by atoms with van der Waals surface area (Å²) < 4.78 is 5.45. The van der Waals surface area contributed by atoms with Gasteiger partial charge in [-0.3, -0.25) is 4.90 Å². The number of nitrogens with zero attached hydrogens (tertiary/aromatic N) is 1. The Morgan fingerprint density at radius 3 is 2.56 bits per heavy atom. The van der Waals surface area contributed by atoms with Gasteiger partial charge in [-0.05, 0) is 31.7 Å². The Hall–Kier alpha value is -0.120. The Morgan fingerprint density at radius 2 is 1.89 bits per heavy atom. The van der Waals surface area contributed by atoms with Gasteiger partial charge in [-0.2, -0.15) is 0 Å². The Kier molecular flexibility index (Phi) is 6.46. The Morgan fingerprint density at radius 1 is 1.17 bits per heavy atom. The summed E-state index contributed by atoms with van der Waals surface area (Å²) in [5, 5.41) is 3.80. The molecule has 0 bridgehead atoms. The van der Waals surface area contributed by atoms with Crippen LogP contribution in [-0.2, 0) is 4.74 Å². The molecule has 0 aromatic carbocycles. The van der Waals surface area contributed by atoms with Crippen LogP contribution in [0.5, 0.6) is 0 Å². The molecule has 2 aliphatic rings. The predicted octanol–water partition coefficient (Wildman–Crippen LogP) is 2.27. The van der Waals surface area contributed by atoms with Crippen molar-refractivity contribution in [2.45, 2.75) is 51.5 Å². The lowest BCUT2D eigenvalue weighted by Crippen LogP contribution is -2.49. The van der Waals surface area contributed by atoms with E-state index in [0.717, 1.165) is 32.2 Å². The number of hydrogen-bond acceptors (Lipinski definition) is 3. The van der Waals surface area contributed by atoms with E-state index in [9.17, 15) is 0 Å². The van der Waals surface area contributed by atoms with Crippen LogP contribution in [0.15, 0.2) is 0 Å². The number of rotatable bonds is 6. The molecule has 1 heterocycles. The average molecular weight is 254 g/mol. The molecule has 0 aromatic heterocycles. The molecular formula is C15H30N2O. The van der Waals surface area contributed by atoms with Crippen LogP contribution in [0, 0.1) is 5.92 Å². The zero-order valence-electron chi connectivity index (χ0n) is 12.0. The smallest absolute Gasteiger partial charge is 0.0594 e. The molecule has 1 unspecified atom stereocenters. The molecular weight excluding hydrogens is 224 g/mol. The fourth-order valence-corrected chi connectivity index (χ4v) is 3.31. The number of ether oxygens (including phenoxy) is 1. The van der Waals surface area contributed by atoms with Crippen LogP contribution in [0.1, 0.15) is 45.4 Å². The van der Waals surface area contributed by atoms with E-state index in [1.165, 1.54) is 51.6 Å². The van der Waals surface area contributed by atoms with Crippen LogP contribution in [0.4, 0.5) is 0 Å². The summed E-state index contributed by atoms with van der Waals surface area (Å²) in [6.07, 6.45) is 8.45. The first kappa shape index (κ1) is 14.3. The molecule has 0 amide bonds. The molecule has 0 spiro atoms. The van der Waals surface area contributed by atoms with Crippen molar-refractivity contribution in [3.05, 3.63) is 0 Å². The number of hydrogen-bond donors (Lipinski definition) is 1. The van der Waals surface area contributed by atoms with Crippen LogP contribution in [0.3, 0.4) is 0 Å². The minimum atomic E-state index is 0.711. The van der Waals surface area contributed by atoms with Gasteiger partial charge in [0.05, 0.1) is 13.2 Å². The average Bonchev–Trinajstić information content (AvgIpc) is 2.45. The number of nitrogens with one attached hydrogen (secondary N) is 1. The van der Waals surface area contributed by atoms with Gasteiger partial charge < -0.3 is 10.1 Å². The standard InChI is InChI=1S/C15H30N2O/c1-2-8-16-15(14-6-4-3-5-7-14)13-17-9-11-18-12-10-17/h14-16H,2-13H2,1H3. The van der Waals surface area contributed by atoms with Crippen molar-refractivity contribution in [2.24, 2.45) is 5.92 Å². The SMILES string of the molecule is CCCNC(CN1CCOCC1)C1CCCCC1. The van der Waals surface area contributed by atoms with Gasteiger partial charge in [-0.25, -0.2) is 0 Å². The zero-order chi connectivity index (χ0) is 12.6. The lowest BCUT2D eigenvalue weighted by Gasteiger charge is -2.36. The Balaban J connectivity index is 1.82. The molecule has 1 atom stereocenters. The van der Waals surface area contributed by atoms with Gasteiger partial charge in [-0.1, -0.05) is 26.2 Å². The first-order valence-corrected chi connectivity index (χ1v) is 7.93. The third-order valence-corrected chi connectivity index (χ3v) is 4.43. The highest BCUT2D eigenvalue weighted by Crippen LogP contribution is 2.27. The van der Waals surface area contributed by atoms with Crippen molar-refractivity contribution in [3.63, 3.8) is 0 Å². The van der Waals surface area contributed by atoms with Gasteiger partial charge in [0, 0.05) is 25.7 Å². The monoisotopic (exact) mass is 254 g/mol. The maximum absolute atomic E-state index is 5.45. The van der Waals surface area contributed by atoms with Crippen molar-refractivity contribution in [2.75, 3.05) is 39.4 Å². The molecule has 18 heavy (non-hydrogen) atoms. The maximum atomic E-state index is 5.45. The molecule has 3 nitrogen and oxygen atoms in total. The molecule has 2 rings (SSSR count). The van der Waals surface area contributed by atoms with Crippen LogP contribution in [-0.4, -0.2) is 50.3 Å². The summed E-state index contributed by atoms with van der Waals surface area (Å²) >= 11 is 0. The van der Waals surface area contributed by atoms with Gasteiger partial charge in [0.15, 0.2) is 0 Å². The van der Waals surface area contributed by atoms with Crippen molar-refractivity contribution >= 4 is 0 Å². The molecule has 106 valence electrons. The minimum Gasteiger partial charge on any atom is -0.379 e. The Bertz CT molecular complexity index is 211. The number of morpholine rings is 1. The summed E-state index contributed by atoms with van der Waals surface area (Å²) in [5.41, 5.74) is 0. The van der Waals surface area contributed by atoms with E-state index in [1.54, 1.807) is 0 Å². The highest BCUT2D eigenvalue weighted by Gasteiger charge is 2.25. The summed E-state index contributed by atoms with van der Waals surface area (Å²) in [7, 11) is 0. The van der Waals surface area contributed by atoms with Crippen LogP contribution in [0.2, 0.25) is 0 Å². The summed E-state index contributed by atoms with van der Waals surface area (Å²) in [4.78, 5) is 2.59. The third kappa shape index (κ3) is 4.52. The quantitative estimate of drug-likeness (QED) is 0.787. The molecule has 0 radical (unpaired) electrons. The molecule has 1 saturated carbocycles. The normalized spacial score (nSPS) is 25.2. The third-order valence-electron chi connectivity index (χ3n) is 4.43. The largest absolute Gasteiger partial charge is 0.379 e. The zero-order valence-corrected chi connectivity index (χ0v) is 12.0. The fourth-order valence-electron chi connectivity index (χ4n) is 3.31. The van der Waals surface area contributed by atoms with Crippen molar-refractivity contribution in [1.82, 2.24) is 10.2 Å². The summed E-state index contributed by atoms with van der Waals surface area (Å²) in [6.45, 7) is 8.75. The minimum absolute atomic E-state index is 0.711. The highest BCUT2D eigenvalue weighted by molar-refractivity contribution is 4.82. The first-order valence-electron chi connectivity index (χ1n) is 7.93. The van der Waals surface area contributed by atoms with Crippen LogP contribution >= 0.6 is 0 Å². The van der Waals surface area contributed by atoms with E-state index in [2.05, 4.69) is 17.1 Å². The Labute approximate surface area is 112 Å². The van der Waals surface area contributed by atoms with Crippen molar-refractivity contribution in [1.29, 1.82) is 0 Å². The molecule has 2 fully saturated rings. The molecule has 1 aliphatic carbocycles. The van der Waals surface area contributed by atoms with Crippen LogP contribution in [0.25, 0.3) is 0 Å². The second-order valence-corrected chi connectivity index (χ2v) is 5.87. The maximum Gasteiger partial charge on any atom is 0.0594 e. The molecule has 1 saturated heterocycles. The molecule has 1 aliphatic heterocycles. The van der Waals surface area contributed by atoms with Gasteiger partial charge in [0.25, 0.3) is 0 Å². The molecule has 3 heteroatoms. The van der Waals surface area contributed by atoms with E-state index >= 15 is 0 Å². The predicted molar refractivity (Wildman–Crippen MR) is 75.9 cm³/mol. The fraction of sp³-hybridized carbons (Fsp3) is 1.00. The van der Waals surface area contributed by atoms with Gasteiger partial charge in [0.1, 0.15) is 0 Å².